The van der Waals surface area contributed by atoms with E-state index in [1.807, 2.05) is 0 Å². The molecule has 2 heterocycles. The molecule has 0 radical (unpaired) electrons. The second kappa shape index (κ2) is 5.81. The summed E-state index contributed by atoms with van der Waals surface area (Å²) < 4.78 is 5.35. The van der Waals surface area contributed by atoms with E-state index in [-0.39, 0.29) is 36.4 Å². The molecule has 3 N–H and O–H groups in total. The van der Waals surface area contributed by atoms with Gasteiger partial charge in [0.2, 0.25) is 5.91 Å². The third-order valence-electron chi connectivity index (χ3n) is 4.77. The lowest BCUT2D eigenvalue weighted by Crippen LogP contribution is -2.56. The molecule has 0 spiro atoms. The van der Waals surface area contributed by atoms with Gasteiger partial charge in [-0.15, -0.1) is 0 Å². The van der Waals surface area contributed by atoms with E-state index in [4.69, 9.17) is 4.74 Å². The van der Waals surface area contributed by atoms with Gasteiger partial charge in [0.05, 0.1) is 17.8 Å². The van der Waals surface area contributed by atoms with Crippen molar-refractivity contribution in [1.29, 1.82) is 0 Å². The Hall–Kier alpha value is -2.57. The second-order valence-electron chi connectivity index (χ2n) is 6.60. The lowest BCUT2D eigenvalue weighted by atomic mass is 9.94. The van der Waals surface area contributed by atoms with Crippen LogP contribution in [-0.4, -0.2) is 36.4 Å². The van der Waals surface area contributed by atoms with Gasteiger partial charge in [-0.1, -0.05) is 0 Å². The highest BCUT2D eigenvalue weighted by Crippen LogP contribution is 2.36. The molecule has 2 atom stereocenters. The third-order valence-corrected chi connectivity index (χ3v) is 4.77. The minimum Gasteiger partial charge on any atom is -0.482 e. The van der Waals surface area contributed by atoms with Gasteiger partial charge in [0.1, 0.15) is 5.75 Å². The molecular formula is C17H19N3O4. The monoisotopic (exact) mass is 329 g/mol. The van der Waals surface area contributed by atoms with Crippen molar-refractivity contribution in [3.05, 3.63) is 23.8 Å². The van der Waals surface area contributed by atoms with Crippen molar-refractivity contribution in [2.75, 3.05) is 11.9 Å². The normalized spacial score (nSPS) is 25.8. The Bertz CT molecular complexity index is 714. The van der Waals surface area contributed by atoms with Gasteiger partial charge in [-0.2, -0.15) is 0 Å². The Labute approximate surface area is 139 Å². The van der Waals surface area contributed by atoms with Gasteiger partial charge in [0.15, 0.2) is 6.61 Å². The highest BCUT2D eigenvalue weighted by molar-refractivity contribution is 5.99. The zero-order valence-corrected chi connectivity index (χ0v) is 13.1. The van der Waals surface area contributed by atoms with Crippen molar-refractivity contribution >= 4 is 23.4 Å². The molecule has 1 aromatic rings. The van der Waals surface area contributed by atoms with Crippen LogP contribution >= 0.6 is 0 Å². The van der Waals surface area contributed by atoms with Crippen LogP contribution in [-0.2, 0) is 9.59 Å². The largest absolute Gasteiger partial charge is 0.482 e. The predicted octanol–water partition coefficient (Wildman–Crippen LogP) is 0.804. The second-order valence-corrected chi connectivity index (χ2v) is 6.60. The molecule has 7 nitrogen and oxygen atoms in total. The molecule has 1 aliphatic carbocycles. The zero-order valence-electron chi connectivity index (χ0n) is 13.1. The summed E-state index contributed by atoms with van der Waals surface area (Å²) in [6.45, 7) is -0.0452. The summed E-state index contributed by atoms with van der Waals surface area (Å²) in [6, 6.07) is 4.96. The van der Waals surface area contributed by atoms with E-state index < -0.39 is 0 Å². The molecule has 3 amide bonds. The van der Waals surface area contributed by atoms with Gasteiger partial charge in [-0.25, -0.2) is 0 Å². The van der Waals surface area contributed by atoms with Crippen molar-refractivity contribution in [3.63, 3.8) is 0 Å². The highest BCUT2D eigenvalue weighted by Gasteiger charge is 2.40. The number of carbonyl (C=O) groups is 3. The number of piperidine rings is 1. The standard InChI is InChI=1S/C17H19N3O4/c21-14-6-5-12(16(20-14)9-1-2-9)19-17(23)10-3-4-11-13(7-10)24-8-15(22)18-11/h3-4,7,9,12,16H,1-2,5-6,8H2,(H,18,22)(H,19,23)(H,20,21)/t12-,16+/m1/s1. The number of ether oxygens (including phenoxy) is 1. The molecule has 3 aliphatic rings. The minimum atomic E-state index is -0.204. The summed E-state index contributed by atoms with van der Waals surface area (Å²) in [6.07, 6.45) is 3.30. The third kappa shape index (κ3) is 2.93. The number of benzene rings is 1. The Morgan fingerprint density at radius 1 is 1.17 bits per heavy atom. The van der Waals surface area contributed by atoms with Crippen LogP contribution in [0.3, 0.4) is 0 Å². The smallest absolute Gasteiger partial charge is 0.262 e. The molecule has 0 unspecified atom stereocenters. The Morgan fingerprint density at radius 3 is 2.79 bits per heavy atom. The molecule has 7 heteroatoms. The first-order chi connectivity index (χ1) is 11.6. The van der Waals surface area contributed by atoms with Crippen LogP contribution in [0.25, 0.3) is 0 Å². The van der Waals surface area contributed by atoms with Gasteiger partial charge in [0.25, 0.3) is 11.8 Å². The van der Waals surface area contributed by atoms with Crippen LogP contribution in [0, 0.1) is 5.92 Å². The van der Waals surface area contributed by atoms with Crippen molar-refractivity contribution in [2.45, 2.75) is 37.8 Å². The number of anilines is 1. The maximum Gasteiger partial charge on any atom is 0.262 e. The molecule has 1 saturated carbocycles. The number of carbonyl (C=O) groups excluding carboxylic acids is 3. The van der Waals surface area contributed by atoms with Gasteiger partial charge in [-0.05, 0) is 43.4 Å². The van der Waals surface area contributed by atoms with Gasteiger partial charge < -0.3 is 20.7 Å². The molecule has 2 aliphatic heterocycles. The van der Waals surface area contributed by atoms with Crippen LogP contribution in [0.1, 0.15) is 36.0 Å². The summed E-state index contributed by atoms with van der Waals surface area (Å²) >= 11 is 0. The van der Waals surface area contributed by atoms with Crippen LogP contribution in [0.15, 0.2) is 18.2 Å². The number of fused-ring (bicyclic) bond motifs is 1. The SMILES string of the molecule is O=C1COc2cc(C(=O)N[C@@H]3CCC(=O)N[C@H]3C3CC3)ccc2N1. The van der Waals surface area contributed by atoms with Crippen molar-refractivity contribution in [3.8, 4) is 5.75 Å². The van der Waals surface area contributed by atoms with Gasteiger partial charge in [0, 0.05) is 12.0 Å². The fourth-order valence-corrected chi connectivity index (χ4v) is 3.36. The van der Waals surface area contributed by atoms with Crippen LogP contribution in [0.2, 0.25) is 0 Å². The van der Waals surface area contributed by atoms with Gasteiger partial charge in [-0.3, -0.25) is 14.4 Å². The number of hydrogen-bond donors (Lipinski definition) is 3. The molecule has 0 bridgehead atoms. The quantitative estimate of drug-likeness (QED) is 0.764. The first-order valence-corrected chi connectivity index (χ1v) is 8.27. The maximum atomic E-state index is 12.6. The van der Waals surface area contributed by atoms with E-state index in [0.29, 0.717) is 35.8 Å². The van der Waals surface area contributed by atoms with Crippen LogP contribution < -0.4 is 20.7 Å². The van der Waals surface area contributed by atoms with E-state index in [0.717, 1.165) is 12.8 Å². The van der Waals surface area contributed by atoms with Crippen LogP contribution in [0.5, 0.6) is 5.75 Å². The Kier molecular flexibility index (Phi) is 3.63. The summed E-state index contributed by atoms with van der Waals surface area (Å²) in [4.78, 5) is 35.5. The average Bonchev–Trinajstić information content (AvgIpc) is 3.40. The van der Waals surface area contributed by atoms with E-state index in [2.05, 4.69) is 16.0 Å². The lowest BCUT2D eigenvalue weighted by Gasteiger charge is -2.33. The lowest BCUT2D eigenvalue weighted by molar-refractivity contribution is -0.124. The number of amides is 3. The highest BCUT2D eigenvalue weighted by atomic mass is 16.5. The van der Waals surface area contributed by atoms with E-state index in [9.17, 15) is 14.4 Å². The minimum absolute atomic E-state index is 0.0309. The molecule has 0 aromatic heterocycles. The summed E-state index contributed by atoms with van der Waals surface area (Å²) in [5.41, 5.74) is 1.06. The fourth-order valence-electron chi connectivity index (χ4n) is 3.36. The average molecular weight is 329 g/mol. The van der Waals surface area contributed by atoms with Crippen molar-refractivity contribution < 1.29 is 19.1 Å². The molecule has 24 heavy (non-hydrogen) atoms. The van der Waals surface area contributed by atoms with E-state index in [1.165, 1.54) is 0 Å². The molecule has 126 valence electrons. The fraction of sp³-hybridized carbons (Fsp3) is 0.471. The predicted molar refractivity (Wildman–Crippen MR) is 85.7 cm³/mol. The molecule has 1 saturated heterocycles. The molecular weight excluding hydrogens is 310 g/mol. The maximum absolute atomic E-state index is 12.6. The van der Waals surface area contributed by atoms with Crippen molar-refractivity contribution in [2.24, 2.45) is 5.92 Å². The zero-order chi connectivity index (χ0) is 16.7. The van der Waals surface area contributed by atoms with E-state index >= 15 is 0 Å². The number of rotatable bonds is 3. The molecule has 4 rings (SSSR count). The Balaban J connectivity index is 1.47. The summed E-state index contributed by atoms with van der Waals surface area (Å²) in [5, 5.41) is 8.76. The summed E-state index contributed by atoms with van der Waals surface area (Å²) in [5.74, 6) is 0.643. The number of hydrogen-bond acceptors (Lipinski definition) is 4. The van der Waals surface area contributed by atoms with E-state index in [1.54, 1.807) is 18.2 Å². The number of nitrogens with one attached hydrogen (secondary N) is 3. The Morgan fingerprint density at radius 2 is 2.00 bits per heavy atom. The summed E-state index contributed by atoms with van der Waals surface area (Å²) in [7, 11) is 0. The topological polar surface area (TPSA) is 96.5 Å². The van der Waals surface area contributed by atoms with Gasteiger partial charge >= 0.3 is 0 Å². The van der Waals surface area contributed by atoms with Crippen LogP contribution in [0.4, 0.5) is 5.69 Å². The first kappa shape index (κ1) is 15.0. The van der Waals surface area contributed by atoms with Crippen molar-refractivity contribution in [1.82, 2.24) is 10.6 Å². The molecule has 2 fully saturated rings. The first-order valence-electron chi connectivity index (χ1n) is 8.27. The molecule has 1 aromatic carbocycles.